The van der Waals surface area contributed by atoms with Gasteiger partial charge in [-0.05, 0) is 87.8 Å². The lowest BCUT2D eigenvalue weighted by Gasteiger charge is -2.40. The van der Waals surface area contributed by atoms with Crippen LogP contribution in [0.5, 0.6) is 0 Å². The second-order valence-electron chi connectivity index (χ2n) is 11.2. The number of piperidine rings is 1. The SMILES string of the molecule is CC1CCC(C(=O)N(c2cc(C3=CCCCC3)sc2C(=O)O)C2CCN(c3ncccn3)CC2)CC1.CCC. The zero-order chi connectivity index (χ0) is 27.8. The first kappa shape index (κ1) is 29.2. The fraction of sp³-hybridized carbons (Fsp3) is 0.613. The van der Waals surface area contributed by atoms with Crippen LogP contribution in [0.15, 0.2) is 30.6 Å². The van der Waals surface area contributed by atoms with Crippen molar-refractivity contribution in [1.82, 2.24) is 9.97 Å². The molecular weight excluding hydrogens is 508 g/mol. The summed E-state index contributed by atoms with van der Waals surface area (Å²) >= 11 is 1.34. The summed E-state index contributed by atoms with van der Waals surface area (Å²) in [6.45, 7) is 7.99. The molecule has 39 heavy (non-hydrogen) atoms. The number of aromatic carboxylic acids is 1. The van der Waals surface area contributed by atoms with E-state index in [4.69, 9.17) is 0 Å². The first-order chi connectivity index (χ1) is 18.9. The average Bonchev–Trinajstić information content (AvgIpc) is 3.41. The van der Waals surface area contributed by atoms with Gasteiger partial charge >= 0.3 is 5.97 Å². The van der Waals surface area contributed by atoms with Crippen molar-refractivity contribution in [3.63, 3.8) is 0 Å². The highest BCUT2D eigenvalue weighted by atomic mass is 32.1. The van der Waals surface area contributed by atoms with E-state index >= 15 is 0 Å². The van der Waals surface area contributed by atoms with Crippen molar-refractivity contribution in [2.24, 2.45) is 11.8 Å². The summed E-state index contributed by atoms with van der Waals surface area (Å²) in [7, 11) is 0. The number of nitrogens with zero attached hydrogens (tertiary/aromatic N) is 4. The molecule has 0 bridgehead atoms. The molecule has 2 aliphatic carbocycles. The molecule has 1 aliphatic heterocycles. The Hall–Kier alpha value is -2.74. The maximum atomic E-state index is 14.1. The monoisotopic (exact) mass is 552 g/mol. The molecule has 0 spiro atoms. The first-order valence-corrected chi connectivity index (χ1v) is 15.7. The lowest BCUT2D eigenvalue weighted by molar-refractivity contribution is -0.124. The second kappa shape index (κ2) is 14.1. The number of allylic oxidation sites excluding steroid dienone is 2. The van der Waals surface area contributed by atoms with Crippen molar-refractivity contribution >= 4 is 40.4 Å². The van der Waals surface area contributed by atoms with Crippen molar-refractivity contribution < 1.29 is 14.7 Å². The molecule has 2 aromatic heterocycles. The Morgan fingerprint density at radius 3 is 2.31 bits per heavy atom. The van der Waals surface area contributed by atoms with Gasteiger partial charge in [0.05, 0.1) is 5.69 Å². The van der Waals surface area contributed by atoms with Crippen LogP contribution in [0.25, 0.3) is 5.57 Å². The Morgan fingerprint density at radius 2 is 1.72 bits per heavy atom. The van der Waals surface area contributed by atoms with Crippen molar-refractivity contribution in [2.75, 3.05) is 22.9 Å². The molecule has 3 aliphatic rings. The third-order valence-corrected chi connectivity index (χ3v) is 9.23. The van der Waals surface area contributed by atoms with Crippen LogP contribution >= 0.6 is 11.3 Å². The number of rotatable bonds is 6. The molecule has 0 aromatic carbocycles. The molecule has 8 heteroatoms. The van der Waals surface area contributed by atoms with Crippen LogP contribution in [0.3, 0.4) is 0 Å². The van der Waals surface area contributed by atoms with Gasteiger partial charge in [0, 0.05) is 42.3 Å². The van der Waals surface area contributed by atoms with Gasteiger partial charge in [-0.15, -0.1) is 11.3 Å². The van der Waals surface area contributed by atoms with Crippen LogP contribution in [0, 0.1) is 11.8 Å². The fourth-order valence-electron chi connectivity index (χ4n) is 5.91. The number of amides is 1. The Morgan fingerprint density at radius 1 is 1.05 bits per heavy atom. The minimum atomic E-state index is -0.942. The maximum absolute atomic E-state index is 14.1. The lowest BCUT2D eigenvalue weighted by atomic mass is 9.82. The van der Waals surface area contributed by atoms with Crippen LogP contribution in [0.4, 0.5) is 11.6 Å². The molecule has 1 saturated carbocycles. The van der Waals surface area contributed by atoms with E-state index in [1.165, 1.54) is 29.8 Å². The van der Waals surface area contributed by atoms with Gasteiger partial charge in [0.1, 0.15) is 4.88 Å². The highest BCUT2D eigenvalue weighted by molar-refractivity contribution is 7.15. The van der Waals surface area contributed by atoms with Crippen LogP contribution < -0.4 is 9.80 Å². The number of carbonyl (C=O) groups excluding carboxylic acids is 1. The van der Waals surface area contributed by atoms with E-state index in [9.17, 15) is 14.7 Å². The lowest BCUT2D eigenvalue weighted by Crippen LogP contribution is -2.50. The summed E-state index contributed by atoms with van der Waals surface area (Å²) in [6, 6.07) is 3.78. The van der Waals surface area contributed by atoms with Gasteiger partial charge in [0.25, 0.3) is 0 Å². The minimum absolute atomic E-state index is 0.0299. The molecule has 1 N–H and O–H groups in total. The normalized spacial score (nSPS) is 21.9. The van der Waals surface area contributed by atoms with Gasteiger partial charge in [0.15, 0.2) is 0 Å². The fourth-order valence-corrected chi connectivity index (χ4v) is 6.97. The summed E-state index contributed by atoms with van der Waals surface area (Å²) in [5.74, 6) is 0.500. The number of hydrogen-bond acceptors (Lipinski definition) is 6. The van der Waals surface area contributed by atoms with E-state index in [2.05, 4.69) is 41.7 Å². The number of anilines is 2. The largest absolute Gasteiger partial charge is 0.477 e. The predicted octanol–water partition coefficient (Wildman–Crippen LogP) is 7.44. The summed E-state index contributed by atoms with van der Waals surface area (Å²) in [4.78, 5) is 40.7. The Kier molecular flexibility index (Phi) is 10.5. The van der Waals surface area contributed by atoms with Crippen molar-refractivity contribution in [2.45, 2.75) is 97.4 Å². The van der Waals surface area contributed by atoms with Gasteiger partial charge in [-0.25, -0.2) is 14.8 Å². The Balaban J connectivity index is 0.00000112. The van der Waals surface area contributed by atoms with Gasteiger partial charge in [-0.2, -0.15) is 0 Å². The van der Waals surface area contributed by atoms with Crippen LogP contribution in [0.2, 0.25) is 0 Å². The highest BCUT2D eigenvalue weighted by Crippen LogP contribution is 2.41. The van der Waals surface area contributed by atoms with Crippen molar-refractivity contribution in [1.29, 1.82) is 0 Å². The summed E-state index contributed by atoms with van der Waals surface area (Å²) in [5.41, 5.74) is 1.84. The molecule has 0 radical (unpaired) electrons. The summed E-state index contributed by atoms with van der Waals surface area (Å²) < 4.78 is 0. The van der Waals surface area contributed by atoms with E-state index in [0.29, 0.717) is 22.4 Å². The molecule has 0 atom stereocenters. The summed E-state index contributed by atoms with van der Waals surface area (Å²) in [6.07, 6.45) is 16.7. The number of thiophene rings is 1. The molecule has 3 heterocycles. The van der Waals surface area contributed by atoms with Gasteiger partial charge in [-0.1, -0.05) is 33.3 Å². The van der Waals surface area contributed by atoms with Gasteiger partial charge in [-0.3, -0.25) is 4.79 Å². The van der Waals surface area contributed by atoms with Crippen molar-refractivity contribution in [3.05, 3.63) is 40.4 Å². The average molecular weight is 553 g/mol. The van der Waals surface area contributed by atoms with Crippen LogP contribution in [-0.4, -0.2) is 46.1 Å². The third-order valence-electron chi connectivity index (χ3n) is 8.04. The number of carbonyl (C=O) groups is 2. The molecule has 212 valence electrons. The van der Waals surface area contributed by atoms with E-state index in [1.807, 2.05) is 17.0 Å². The molecule has 1 amide bonds. The zero-order valence-electron chi connectivity index (χ0n) is 23.8. The topological polar surface area (TPSA) is 86.6 Å². The standard InChI is InChI=1S/C28H36N4O3S.C3H8/c1-19-8-10-21(11-9-19)26(33)32(22-12-16-31(17-13-22)28-29-14-5-15-30-28)23-18-24(36-25(23)27(34)35)20-6-3-2-4-7-20;1-3-2/h5-6,14-15,18-19,21-22H,2-4,7-13,16-17H2,1H3,(H,34,35);3H2,1-2H3. The van der Waals surface area contributed by atoms with Gasteiger partial charge in [0.2, 0.25) is 11.9 Å². The number of carboxylic acid groups (broad SMARTS) is 1. The zero-order valence-corrected chi connectivity index (χ0v) is 24.6. The minimum Gasteiger partial charge on any atom is -0.477 e. The molecule has 1 saturated heterocycles. The van der Waals surface area contributed by atoms with E-state index in [-0.39, 0.29) is 17.9 Å². The molecule has 7 nitrogen and oxygen atoms in total. The van der Waals surface area contributed by atoms with E-state index in [1.54, 1.807) is 12.4 Å². The third kappa shape index (κ3) is 7.27. The smallest absolute Gasteiger partial charge is 0.348 e. The Labute approximate surface area is 237 Å². The molecule has 2 aromatic rings. The number of hydrogen-bond donors (Lipinski definition) is 1. The maximum Gasteiger partial charge on any atom is 0.348 e. The number of carboxylic acids is 1. The van der Waals surface area contributed by atoms with E-state index in [0.717, 1.165) is 75.8 Å². The number of aromatic nitrogens is 2. The molecule has 2 fully saturated rings. The van der Waals surface area contributed by atoms with Crippen LogP contribution in [0.1, 0.15) is 106 Å². The van der Waals surface area contributed by atoms with Gasteiger partial charge < -0.3 is 14.9 Å². The Bertz CT molecular complexity index is 1120. The summed E-state index contributed by atoms with van der Waals surface area (Å²) in [5, 5.41) is 10.2. The molecule has 0 unspecified atom stereocenters. The molecular formula is C31H44N4O3S. The second-order valence-corrected chi connectivity index (χ2v) is 12.3. The first-order valence-electron chi connectivity index (χ1n) is 14.8. The quantitative estimate of drug-likeness (QED) is 0.401. The van der Waals surface area contributed by atoms with E-state index < -0.39 is 5.97 Å². The predicted molar refractivity (Wildman–Crippen MR) is 160 cm³/mol. The van der Waals surface area contributed by atoms with Crippen molar-refractivity contribution in [3.8, 4) is 0 Å². The highest BCUT2D eigenvalue weighted by Gasteiger charge is 2.37. The van der Waals surface area contributed by atoms with Crippen LogP contribution in [-0.2, 0) is 4.79 Å². The molecule has 5 rings (SSSR count).